The van der Waals surface area contributed by atoms with Crippen LogP contribution < -0.4 is 5.32 Å². The van der Waals surface area contributed by atoms with Crippen molar-refractivity contribution in [3.63, 3.8) is 0 Å². The van der Waals surface area contributed by atoms with Crippen LogP contribution in [-0.4, -0.2) is 12.1 Å². The predicted molar refractivity (Wildman–Crippen MR) is 89.3 cm³/mol. The van der Waals surface area contributed by atoms with E-state index in [-0.39, 0.29) is 11.0 Å². The molecule has 108 valence electrons. The van der Waals surface area contributed by atoms with Crippen LogP contribution in [0.5, 0.6) is 0 Å². The van der Waals surface area contributed by atoms with E-state index in [0.29, 0.717) is 0 Å². The minimum atomic E-state index is 0.180. The summed E-state index contributed by atoms with van der Waals surface area (Å²) >= 11 is 0. The highest BCUT2D eigenvalue weighted by Gasteiger charge is 2.23. The van der Waals surface area contributed by atoms with Crippen LogP contribution in [0.15, 0.2) is 42.5 Å². The van der Waals surface area contributed by atoms with E-state index in [2.05, 4.69) is 82.4 Å². The highest BCUT2D eigenvalue weighted by atomic mass is 14.9. The zero-order valence-electron chi connectivity index (χ0n) is 13.5. The molecule has 1 nitrogen and oxygen atoms in total. The van der Waals surface area contributed by atoms with E-state index in [9.17, 15) is 0 Å². The molecule has 0 radical (unpaired) electrons. The standard InChI is InChI=1S/C19H27N/c1-18(2,3)20-14-13-19(4,5)17-12-8-10-15-9-6-7-11-16(15)17/h6-12,20H,13-14H2,1-5H3. The molecule has 0 unspecified atom stereocenters. The minimum Gasteiger partial charge on any atom is -0.312 e. The molecule has 0 heterocycles. The Morgan fingerprint density at radius 2 is 1.50 bits per heavy atom. The molecular weight excluding hydrogens is 242 g/mol. The molecule has 0 aliphatic heterocycles. The van der Waals surface area contributed by atoms with Gasteiger partial charge in [-0.25, -0.2) is 0 Å². The number of nitrogens with one attached hydrogen (secondary N) is 1. The van der Waals surface area contributed by atoms with Gasteiger partial charge in [0.15, 0.2) is 0 Å². The number of benzene rings is 2. The Morgan fingerprint density at radius 1 is 0.850 bits per heavy atom. The summed E-state index contributed by atoms with van der Waals surface area (Å²) in [5, 5.41) is 6.32. The van der Waals surface area contributed by atoms with E-state index in [0.717, 1.165) is 13.0 Å². The van der Waals surface area contributed by atoms with E-state index >= 15 is 0 Å². The first-order valence-corrected chi connectivity index (χ1v) is 7.53. The second kappa shape index (κ2) is 5.57. The van der Waals surface area contributed by atoms with Gasteiger partial charge in [0.2, 0.25) is 0 Å². The summed E-state index contributed by atoms with van der Waals surface area (Å²) in [5.74, 6) is 0. The molecule has 0 bridgehead atoms. The summed E-state index contributed by atoms with van der Waals surface area (Å²) < 4.78 is 0. The van der Waals surface area contributed by atoms with E-state index in [1.54, 1.807) is 0 Å². The summed E-state index contributed by atoms with van der Waals surface area (Å²) in [6, 6.07) is 15.3. The topological polar surface area (TPSA) is 12.0 Å². The van der Waals surface area contributed by atoms with Gasteiger partial charge in [-0.15, -0.1) is 0 Å². The molecule has 0 saturated carbocycles. The zero-order chi connectivity index (χ0) is 14.8. The average Bonchev–Trinajstić information content (AvgIpc) is 2.36. The molecule has 2 aromatic rings. The van der Waals surface area contributed by atoms with Crippen molar-refractivity contribution in [2.45, 2.75) is 52.0 Å². The normalized spacial score (nSPS) is 12.8. The molecule has 1 N–H and O–H groups in total. The molecule has 0 aliphatic rings. The smallest absolute Gasteiger partial charge is 0.00965 e. The summed E-state index contributed by atoms with van der Waals surface area (Å²) in [6.45, 7) is 12.4. The van der Waals surface area contributed by atoms with Crippen molar-refractivity contribution in [3.8, 4) is 0 Å². The third-order valence-electron chi connectivity index (χ3n) is 3.92. The Morgan fingerprint density at radius 3 is 2.20 bits per heavy atom. The van der Waals surface area contributed by atoms with Gasteiger partial charge in [0.1, 0.15) is 0 Å². The van der Waals surface area contributed by atoms with Crippen LogP contribution in [0, 0.1) is 0 Å². The average molecular weight is 269 g/mol. The lowest BCUT2D eigenvalue weighted by Gasteiger charge is -2.29. The summed E-state index contributed by atoms with van der Waals surface area (Å²) in [6.07, 6.45) is 1.14. The third kappa shape index (κ3) is 3.61. The van der Waals surface area contributed by atoms with Crippen molar-refractivity contribution < 1.29 is 0 Å². The largest absolute Gasteiger partial charge is 0.312 e. The second-order valence-electron chi connectivity index (χ2n) is 7.34. The highest BCUT2D eigenvalue weighted by Crippen LogP contribution is 2.32. The van der Waals surface area contributed by atoms with Gasteiger partial charge in [0.05, 0.1) is 0 Å². The summed E-state index contributed by atoms with van der Waals surface area (Å²) in [4.78, 5) is 0. The molecule has 0 saturated heterocycles. The maximum absolute atomic E-state index is 3.60. The molecule has 0 fully saturated rings. The maximum Gasteiger partial charge on any atom is 0.00965 e. The molecule has 0 amide bonds. The molecule has 2 aromatic carbocycles. The number of hydrogen-bond acceptors (Lipinski definition) is 1. The Labute approximate surface area is 123 Å². The first-order valence-electron chi connectivity index (χ1n) is 7.53. The lowest BCUT2D eigenvalue weighted by Crippen LogP contribution is -2.38. The van der Waals surface area contributed by atoms with Crippen LogP contribution in [0.4, 0.5) is 0 Å². The lowest BCUT2D eigenvalue weighted by molar-refractivity contribution is 0.380. The third-order valence-corrected chi connectivity index (χ3v) is 3.92. The van der Waals surface area contributed by atoms with Gasteiger partial charge in [0, 0.05) is 5.54 Å². The fourth-order valence-electron chi connectivity index (χ4n) is 2.70. The molecule has 0 aromatic heterocycles. The van der Waals surface area contributed by atoms with Gasteiger partial charge < -0.3 is 5.32 Å². The van der Waals surface area contributed by atoms with E-state index < -0.39 is 0 Å². The van der Waals surface area contributed by atoms with Crippen LogP contribution in [0.1, 0.15) is 46.6 Å². The molecule has 0 spiro atoms. The van der Waals surface area contributed by atoms with Crippen LogP contribution in [0.3, 0.4) is 0 Å². The second-order valence-corrected chi connectivity index (χ2v) is 7.34. The number of rotatable bonds is 4. The lowest BCUT2D eigenvalue weighted by atomic mass is 9.79. The Bertz CT molecular complexity index is 570. The van der Waals surface area contributed by atoms with E-state index in [1.807, 2.05) is 0 Å². The molecule has 0 atom stereocenters. The number of hydrogen-bond donors (Lipinski definition) is 1. The van der Waals surface area contributed by atoms with Gasteiger partial charge in [0.25, 0.3) is 0 Å². The Balaban J connectivity index is 2.23. The fraction of sp³-hybridized carbons (Fsp3) is 0.474. The van der Waals surface area contributed by atoms with Gasteiger partial charge in [-0.2, -0.15) is 0 Å². The zero-order valence-corrected chi connectivity index (χ0v) is 13.5. The first kappa shape index (κ1) is 15.1. The van der Waals surface area contributed by atoms with Crippen molar-refractivity contribution in [2.75, 3.05) is 6.54 Å². The van der Waals surface area contributed by atoms with Crippen molar-refractivity contribution in [1.29, 1.82) is 0 Å². The first-order chi connectivity index (χ1) is 9.30. The maximum atomic E-state index is 3.60. The molecule has 20 heavy (non-hydrogen) atoms. The van der Waals surface area contributed by atoms with Crippen LogP contribution in [-0.2, 0) is 5.41 Å². The Hall–Kier alpha value is -1.34. The molecule has 0 aliphatic carbocycles. The van der Waals surface area contributed by atoms with Crippen molar-refractivity contribution in [3.05, 3.63) is 48.0 Å². The fourth-order valence-corrected chi connectivity index (χ4v) is 2.70. The van der Waals surface area contributed by atoms with E-state index in [1.165, 1.54) is 16.3 Å². The summed E-state index contributed by atoms with van der Waals surface area (Å²) in [5.41, 5.74) is 1.82. The van der Waals surface area contributed by atoms with Crippen LogP contribution in [0.25, 0.3) is 10.8 Å². The van der Waals surface area contributed by atoms with Crippen LogP contribution >= 0.6 is 0 Å². The van der Waals surface area contributed by atoms with Crippen molar-refractivity contribution in [2.24, 2.45) is 0 Å². The number of fused-ring (bicyclic) bond motifs is 1. The van der Waals surface area contributed by atoms with Gasteiger partial charge in [-0.05, 0) is 55.5 Å². The van der Waals surface area contributed by atoms with Crippen molar-refractivity contribution >= 4 is 10.8 Å². The molecular formula is C19H27N. The van der Waals surface area contributed by atoms with Gasteiger partial charge in [-0.3, -0.25) is 0 Å². The summed E-state index contributed by atoms with van der Waals surface area (Å²) in [7, 11) is 0. The molecule has 1 heteroatoms. The SMILES string of the molecule is CC(C)(C)NCCC(C)(C)c1cccc2ccccc12. The van der Waals surface area contributed by atoms with Crippen molar-refractivity contribution in [1.82, 2.24) is 5.32 Å². The van der Waals surface area contributed by atoms with Gasteiger partial charge >= 0.3 is 0 Å². The highest BCUT2D eigenvalue weighted by molar-refractivity contribution is 5.86. The quantitative estimate of drug-likeness (QED) is 0.832. The molecule has 2 rings (SSSR count). The van der Waals surface area contributed by atoms with E-state index in [4.69, 9.17) is 0 Å². The minimum absolute atomic E-state index is 0.180. The van der Waals surface area contributed by atoms with Crippen LogP contribution in [0.2, 0.25) is 0 Å². The van der Waals surface area contributed by atoms with Gasteiger partial charge in [-0.1, -0.05) is 56.3 Å². The predicted octanol–water partition coefficient (Wildman–Crippen LogP) is 4.90. The Kier molecular flexibility index (Phi) is 4.19. The monoisotopic (exact) mass is 269 g/mol.